The normalized spacial score (nSPS) is 16.4. The van der Waals surface area contributed by atoms with Crippen LogP contribution in [0.2, 0.25) is 0 Å². The van der Waals surface area contributed by atoms with Gasteiger partial charge in [0.2, 0.25) is 5.96 Å². The number of nitrogens with zero attached hydrogens (tertiary/aromatic N) is 7. The Kier molecular flexibility index (Phi) is 7.31. The van der Waals surface area contributed by atoms with Gasteiger partial charge < -0.3 is 9.09 Å². The minimum absolute atomic E-state index is 0.0180. The summed E-state index contributed by atoms with van der Waals surface area (Å²) in [5.74, 6) is -0.110. The maximum Gasteiger partial charge on any atom is 0.283 e. The van der Waals surface area contributed by atoms with Crippen molar-refractivity contribution in [3.05, 3.63) is 70.9 Å². The third-order valence-electron chi connectivity index (χ3n) is 7.72. The number of anilines is 1. The van der Waals surface area contributed by atoms with Crippen LogP contribution in [0.15, 0.2) is 45.9 Å². The van der Waals surface area contributed by atoms with Crippen LogP contribution >= 0.6 is 0 Å². The van der Waals surface area contributed by atoms with Gasteiger partial charge in [-0.05, 0) is 43.0 Å². The molecule has 0 spiro atoms. The van der Waals surface area contributed by atoms with Gasteiger partial charge in [-0.1, -0.05) is 38.9 Å². The summed E-state index contributed by atoms with van der Waals surface area (Å²) in [6.07, 6.45) is 0.568. The van der Waals surface area contributed by atoms with Crippen molar-refractivity contribution < 1.29 is 22.5 Å². The maximum atomic E-state index is 15.1. The average molecular weight is 592 g/mol. The van der Waals surface area contributed by atoms with E-state index in [4.69, 9.17) is 14.5 Å². The fourth-order valence-electron chi connectivity index (χ4n) is 5.48. The molecule has 2 aliphatic rings. The van der Waals surface area contributed by atoms with Gasteiger partial charge in [-0.3, -0.25) is 14.6 Å². The molecule has 0 bridgehead atoms. The molecule has 43 heavy (non-hydrogen) atoms. The number of benzene rings is 2. The molecule has 2 aromatic carbocycles. The molecule has 4 heterocycles. The Bertz CT molecular complexity index is 1740. The molecule has 4 aromatic rings. The Morgan fingerprint density at radius 3 is 2.51 bits per heavy atom. The van der Waals surface area contributed by atoms with Crippen LogP contribution in [0.1, 0.15) is 56.5 Å². The number of halogens is 3. The highest BCUT2D eigenvalue weighted by Crippen LogP contribution is 2.39. The lowest BCUT2D eigenvalue weighted by molar-refractivity contribution is 0.0841. The number of amides is 1. The molecule has 0 fully saturated rings. The van der Waals surface area contributed by atoms with Gasteiger partial charge in [0.15, 0.2) is 11.5 Å². The van der Waals surface area contributed by atoms with Crippen LogP contribution in [0.25, 0.3) is 22.8 Å². The number of fused-ring (bicyclic) bond motifs is 3. The molecule has 9 nitrogen and oxygen atoms in total. The van der Waals surface area contributed by atoms with Crippen LogP contribution in [-0.4, -0.2) is 55.6 Å². The van der Waals surface area contributed by atoms with E-state index in [0.717, 1.165) is 6.07 Å². The minimum atomic E-state index is -0.732. The first-order valence-corrected chi connectivity index (χ1v) is 14.4. The lowest BCUT2D eigenvalue weighted by atomic mass is 10.1. The quantitative estimate of drug-likeness (QED) is 0.252. The Morgan fingerprint density at radius 2 is 1.81 bits per heavy atom. The fourth-order valence-corrected chi connectivity index (χ4v) is 5.48. The summed E-state index contributed by atoms with van der Waals surface area (Å²) in [6, 6.07) is 7.63. The van der Waals surface area contributed by atoms with Crippen LogP contribution < -0.4 is 4.90 Å². The number of aromatic nitrogens is 4. The molecule has 0 aliphatic carbocycles. The molecule has 6 rings (SSSR count). The molecule has 224 valence electrons. The van der Waals surface area contributed by atoms with Gasteiger partial charge >= 0.3 is 0 Å². The van der Waals surface area contributed by atoms with Gasteiger partial charge in [0, 0.05) is 30.2 Å². The summed E-state index contributed by atoms with van der Waals surface area (Å²) in [7, 11) is 0. The van der Waals surface area contributed by atoms with Crippen molar-refractivity contribution >= 4 is 17.7 Å². The van der Waals surface area contributed by atoms with E-state index in [1.807, 2.05) is 25.7 Å². The Balaban J connectivity index is 1.53. The molecule has 1 amide bonds. The molecule has 0 N–H and O–H groups in total. The Morgan fingerprint density at radius 1 is 1.02 bits per heavy atom. The third-order valence-corrected chi connectivity index (χ3v) is 7.72. The monoisotopic (exact) mass is 591 g/mol. The van der Waals surface area contributed by atoms with Gasteiger partial charge in [-0.2, -0.15) is 4.98 Å². The molecule has 2 aromatic heterocycles. The van der Waals surface area contributed by atoms with Crippen molar-refractivity contribution in [1.29, 1.82) is 0 Å². The van der Waals surface area contributed by atoms with Gasteiger partial charge in [-0.25, -0.2) is 23.1 Å². The van der Waals surface area contributed by atoms with E-state index in [2.05, 4.69) is 24.0 Å². The standard InChI is InChI=1S/C31H32F3N7O2/c1-6-39-30(42)26-29(41-15-24(17(4)5)35-31(39)41)40(14-19-7-9-20(32)13-23(19)34)27(37-26)18-8-10-22(33)21(12-18)28-36-25(38-43-28)11-16(2)3/h7-10,12-13,16-17,24H,6,11,14-15H2,1-5H3/t24-/m0/s1. The van der Waals surface area contributed by atoms with Crippen LogP contribution in [0.4, 0.5) is 19.0 Å². The van der Waals surface area contributed by atoms with E-state index in [9.17, 15) is 9.18 Å². The second-order valence-corrected chi connectivity index (χ2v) is 11.6. The molecule has 12 heteroatoms. The van der Waals surface area contributed by atoms with Crippen molar-refractivity contribution in [2.24, 2.45) is 16.8 Å². The number of guanidine groups is 1. The van der Waals surface area contributed by atoms with Crippen LogP contribution in [0, 0.1) is 29.3 Å². The summed E-state index contributed by atoms with van der Waals surface area (Å²) < 4.78 is 51.0. The summed E-state index contributed by atoms with van der Waals surface area (Å²) >= 11 is 0. The summed E-state index contributed by atoms with van der Waals surface area (Å²) in [5, 5.41) is 3.99. The average Bonchev–Trinajstić information content (AvgIpc) is 3.68. The van der Waals surface area contributed by atoms with Crippen molar-refractivity contribution in [3.63, 3.8) is 0 Å². The van der Waals surface area contributed by atoms with E-state index >= 15 is 8.78 Å². The predicted octanol–water partition coefficient (Wildman–Crippen LogP) is 5.94. The number of aliphatic imine (C=N–C) groups is 1. The SMILES string of the molecule is CCN1C(=O)c2nc(-c3ccc(F)c(-c4nc(CC(C)C)no4)c3)n(Cc3ccc(F)cc3F)c2N2C[C@@H](C(C)C)N=C12. The first-order chi connectivity index (χ1) is 20.5. The number of rotatable bonds is 8. The molecular weight excluding hydrogens is 559 g/mol. The van der Waals surface area contributed by atoms with E-state index < -0.39 is 17.5 Å². The number of hydrogen-bond donors (Lipinski definition) is 0. The predicted molar refractivity (Wildman–Crippen MR) is 155 cm³/mol. The van der Waals surface area contributed by atoms with Crippen LogP contribution in [-0.2, 0) is 13.0 Å². The zero-order valence-corrected chi connectivity index (χ0v) is 24.6. The molecule has 1 atom stereocenters. The molecule has 0 unspecified atom stereocenters. The highest BCUT2D eigenvalue weighted by molar-refractivity contribution is 6.18. The highest BCUT2D eigenvalue weighted by atomic mass is 19.1. The van der Waals surface area contributed by atoms with Crippen molar-refractivity contribution in [1.82, 2.24) is 24.6 Å². The van der Waals surface area contributed by atoms with E-state index in [-0.39, 0.29) is 53.0 Å². The lowest BCUT2D eigenvalue weighted by Gasteiger charge is -2.33. The lowest BCUT2D eigenvalue weighted by Crippen LogP contribution is -2.50. The van der Waals surface area contributed by atoms with Crippen molar-refractivity contribution in [2.45, 2.75) is 53.6 Å². The molecule has 0 radical (unpaired) electrons. The molecule has 2 aliphatic heterocycles. The van der Waals surface area contributed by atoms with Crippen molar-refractivity contribution in [2.75, 3.05) is 18.0 Å². The maximum absolute atomic E-state index is 15.1. The van der Waals surface area contributed by atoms with Crippen LogP contribution in [0.5, 0.6) is 0 Å². The first kappa shape index (κ1) is 28.6. The fraction of sp³-hybridized carbons (Fsp3) is 0.387. The van der Waals surface area contributed by atoms with E-state index in [1.165, 1.54) is 30.3 Å². The Labute approximate surface area is 247 Å². The first-order valence-electron chi connectivity index (χ1n) is 14.4. The number of carbonyl (C=O) groups is 1. The zero-order chi connectivity index (χ0) is 30.6. The second kappa shape index (κ2) is 11.0. The Hall–Kier alpha value is -4.48. The molecule has 0 saturated heterocycles. The highest BCUT2D eigenvalue weighted by Gasteiger charge is 2.44. The number of carbonyl (C=O) groups excluding carboxylic acids is 1. The third kappa shape index (κ3) is 5.08. The number of imidazole rings is 1. The topological polar surface area (TPSA) is 92.7 Å². The largest absolute Gasteiger partial charge is 0.334 e. The van der Waals surface area contributed by atoms with Gasteiger partial charge in [0.1, 0.15) is 29.1 Å². The van der Waals surface area contributed by atoms with Gasteiger partial charge in [0.25, 0.3) is 11.8 Å². The van der Waals surface area contributed by atoms with E-state index in [1.54, 1.807) is 9.47 Å². The van der Waals surface area contributed by atoms with Gasteiger partial charge in [-0.15, -0.1) is 0 Å². The minimum Gasteiger partial charge on any atom is -0.334 e. The van der Waals surface area contributed by atoms with Gasteiger partial charge in [0.05, 0.1) is 24.7 Å². The van der Waals surface area contributed by atoms with Crippen molar-refractivity contribution in [3.8, 4) is 22.8 Å². The summed E-state index contributed by atoms with van der Waals surface area (Å²) in [5.41, 5.74) is 0.894. The summed E-state index contributed by atoms with van der Waals surface area (Å²) in [6.45, 7) is 10.8. The number of hydrogen-bond acceptors (Lipinski definition) is 7. The van der Waals surface area contributed by atoms with Crippen LogP contribution in [0.3, 0.4) is 0 Å². The zero-order valence-electron chi connectivity index (χ0n) is 24.6. The smallest absolute Gasteiger partial charge is 0.283 e. The molecule has 0 saturated carbocycles. The second-order valence-electron chi connectivity index (χ2n) is 11.6. The molecular formula is C31H32F3N7O2. The van der Waals surface area contributed by atoms with E-state index in [0.29, 0.717) is 48.5 Å². The summed E-state index contributed by atoms with van der Waals surface area (Å²) in [4.78, 5) is 31.3.